The van der Waals surface area contributed by atoms with Crippen LogP contribution in [0.15, 0.2) is 40.1 Å². The van der Waals surface area contributed by atoms with Gasteiger partial charge in [-0.15, -0.1) is 11.8 Å². The summed E-state index contributed by atoms with van der Waals surface area (Å²) in [6.45, 7) is 4.00. The molecule has 1 aromatic carbocycles. The molecule has 2 rings (SSSR count). The molecule has 1 heterocycles. The molecule has 1 saturated heterocycles. The van der Waals surface area contributed by atoms with Crippen molar-refractivity contribution in [3.8, 4) is 12.1 Å². The summed E-state index contributed by atoms with van der Waals surface area (Å²) in [6, 6.07) is 11.9. The zero-order valence-electron chi connectivity index (χ0n) is 22.0. The van der Waals surface area contributed by atoms with Crippen LogP contribution in [-0.2, 0) is 42.9 Å². The van der Waals surface area contributed by atoms with Crippen LogP contribution in [0.2, 0.25) is 0 Å². The second-order valence-corrected chi connectivity index (χ2v) is 10.5. The number of carbonyl (C=O) groups excluding carboxylic acids is 5. The van der Waals surface area contributed by atoms with Gasteiger partial charge in [-0.05, 0) is 0 Å². The lowest BCUT2D eigenvalue weighted by Gasteiger charge is -2.44. The summed E-state index contributed by atoms with van der Waals surface area (Å²) in [5, 5.41) is 19.2. The average molecular weight is 591 g/mol. The topological polar surface area (TPSA) is 179 Å². The Kier molecular flexibility index (Phi) is 12.7. The Hall–Kier alpha value is -3.85. The van der Waals surface area contributed by atoms with Gasteiger partial charge >= 0.3 is 23.9 Å². The summed E-state index contributed by atoms with van der Waals surface area (Å²) < 4.78 is 27.3. The first-order chi connectivity index (χ1) is 19.0. The summed E-state index contributed by atoms with van der Waals surface area (Å²) in [5.41, 5.74) is -1.18. The molecule has 212 valence electrons. The van der Waals surface area contributed by atoms with Gasteiger partial charge in [0.05, 0.1) is 9.99 Å². The Balaban J connectivity index is 2.50. The number of allylic oxidation sites excluding steroid dienone is 1. The van der Waals surface area contributed by atoms with Gasteiger partial charge < -0.3 is 23.7 Å². The predicted molar refractivity (Wildman–Crippen MR) is 141 cm³/mol. The van der Waals surface area contributed by atoms with Crippen molar-refractivity contribution in [3.05, 3.63) is 45.7 Å². The van der Waals surface area contributed by atoms with Gasteiger partial charge in [0.1, 0.15) is 35.9 Å². The highest BCUT2D eigenvalue weighted by atomic mass is 32.2. The van der Waals surface area contributed by atoms with Gasteiger partial charge in [0.15, 0.2) is 24.1 Å². The molecule has 14 heteroatoms. The van der Waals surface area contributed by atoms with Crippen LogP contribution < -0.4 is 0 Å². The SMILES string of the molecule is CC(=O)OC[C@H]1O[C@@H](SC(SCC(=O)c2ccccc2)=C(C#N)C#N)[C@H](OC(C)=O)[C@@H](OC(C)=O)[C@H]1OC(C)=O. The number of benzene rings is 1. The number of rotatable bonds is 11. The van der Waals surface area contributed by atoms with Gasteiger partial charge in [-0.3, -0.25) is 24.0 Å². The molecule has 5 atom stereocenters. The van der Waals surface area contributed by atoms with Gasteiger partial charge in [-0.25, -0.2) is 0 Å². The van der Waals surface area contributed by atoms with Crippen molar-refractivity contribution in [1.82, 2.24) is 0 Å². The molecule has 0 aliphatic carbocycles. The van der Waals surface area contributed by atoms with E-state index in [1.165, 1.54) is 0 Å². The van der Waals surface area contributed by atoms with Gasteiger partial charge in [0.2, 0.25) is 0 Å². The third-order valence-electron chi connectivity index (χ3n) is 5.03. The number of ether oxygens (including phenoxy) is 5. The van der Waals surface area contributed by atoms with Gasteiger partial charge in [-0.2, -0.15) is 10.5 Å². The zero-order chi connectivity index (χ0) is 29.8. The molecule has 1 aromatic rings. The van der Waals surface area contributed by atoms with E-state index in [2.05, 4.69) is 0 Å². The molecular weight excluding hydrogens is 564 g/mol. The van der Waals surface area contributed by atoms with Crippen LogP contribution in [0.4, 0.5) is 0 Å². The largest absolute Gasteiger partial charge is 0.463 e. The van der Waals surface area contributed by atoms with Crippen molar-refractivity contribution in [1.29, 1.82) is 10.5 Å². The first kappa shape index (κ1) is 32.4. The average Bonchev–Trinajstić information content (AvgIpc) is 2.89. The van der Waals surface area contributed by atoms with Crippen molar-refractivity contribution in [2.24, 2.45) is 0 Å². The van der Waals surface area contributed by atoms with E-state index in [-0.39, 0.29) is 21.3 Å². The maximum atomic E-state index is 12.7. The van der Waals surface area contributed by atoms with Crippen molar-refractivity contribution >= 4 is 53.2 Å². The summed E-state index contributed by atoms with van der Waals surface area (Å²) in [5.74, 6) is -3.48. The van der Waals surface area contributed by atoms with Gasteiger partial charge in [0, 0.05) is 33.3 Å². The molecule has 1 aliphatic rings. The van der Waals surface area contributed by atoms with Crippen LogP contribution in [-0.4, -0.2) is 71.9 Å². The van der Waals surface area contributed by atoms with Crippen molar-refractivity contribution in [2.75, 3.05) is 12.4 Å². The number of esters is 4. The minimum absolute atomic E-state index is 0.0650. The molecular formula is C26H26N2O10S2. The maximum Gasteiger partial charge on any atom is 0.303 e. The fourth-order valence-corrected chi connectivity index (χ4v) is 5.87. The predicted octanol–water partition coefficient (Wildman–Crippen LogP) is 2.68. The first-order valence-electron chi connectivity index (χ1n) is 11.7. The molecule has 0 unspecified atom stereocenters. The summed E-state index contributed by atoms with van der Waals surface area (Å²) in [4.78, 5) is 60.2. The van der Waals surface area contributed by atoms with E-state index in [4.69, 9.17) is 23.7 Å². The number of Topliss-reactive ketones (excluding diaryl/α,β-unsaturated/α-hetero) is 1. The van der Waals surface area contributed by atoms with Crippen LogP contribution in [0.1, 0.15) is 38.1 Å². The third-order valence-corrected chi connectivity index (χ3v) is 7.57. The summed E-state index contributed by atoms with van der Waals surface area (Å²) in [6.07, 6.45) is -5.37. The van der Waals surface area contributed by atoms with Crippen molar-refractivity contribution < 1.29 is 47.7 Å². The van der Waals surface area contributed by atoms with Crippen LogP contribution in [0, 0.1) is 22.7 Å². The summed E-state index contributed by atoms with van der Waals surface area (Å²) in [7, 11) is 0. The molecule has 0 amide bonds. The molecule has 0 bridgehead atoms. The second-order valence-electron chi connectivity index (χ2n) is 8.15. The van der Waals surface area contributed by atoms with Gasteiger partial charge in [-0.1, -0.05) is 42.1 Å². The maximum absolute atomic E-state index is 12.7. The Morgan fingerprint density at radius 2 is 1.38 bits per heavy atom. The monoisotopic (exact) mass is 590 g/mol. The fraction of sp³-hybridized carbons (Fsp3) is 0.423. The normalized spacial score (nSPS) is 21.5. The molecule has 0 spiro atoms. The number of hydrogen-bond donors (Lipinski definition) is 0. The highest BCUT2D eigenvalue weighted by molar-refractivity contribution is 8.22. The van der Waals surface area contributed by atoms with E-state index in [1.54, 1.807) is 42.5 Å². The highest BCUT2D eigenvalue weighted by Gasteiger charge is 2.52. The minimum atomic E-state index is -1.41. The lowest BCUT2D eigenvalue weighted by atomic mass is 9.99. The van der Waals surface area contributed by atoms with Crippen LogP contribution in [0.3, 0.4) is 0 Å². The number of nitriles is 2. The van der Waals surface area contributed by atoms with E-state index < -0.39 is 60.3 Å². The smallest absolute Gasteiger partial charge is 0.303 e. The number of hydrogen-bond acceptors (Lipinski definition) is 14. The second kappa shape index (κ2) is 15.7. The van der Waals surface area contributed by atoms with E-state index >= 15 is 0 Å². The van der Waals surface area contributed by atoms with Crippen LogP contribution in [0.25, 0.3) is 0 Å². The van der Waals surface area contributed by atoms with E-state index in [1.807, 2.05) is 0 Å². The molecule has 1 aliphatic heterocycles. The Morgan fingerprint density at radius 1 is 0.825 bits per heavy atom. The molecule has 1 fully saturated rings. The van der Waals surface area contributed by atoms with Crippen LogP contribution >= 0.6 is 23.5 Å². The standard InChI is InChI=1S/C26H26N2O10S2/c1-14(29)34-12-21-22(35-15(2)30)23(36-16(3)31)24(37-17(4)32)25(38-21)40-26(19(10-27)11-28)39-13-20(33)18-8-6-5-7-9-18/h5-9,21-25H,12-13H2,1-4H3/t21-,22+,23+,24-,25+/m1/s1. The number of nitrogens with zero attached hydrogens (tertiary/aromatic N) is 2. The van der Waals surface area contributed by atoms with Gasteiger partial charge in [0.25, 0.3) is 0 Å². The van der Waals surface area contributed by atoms with E-state index in [0.717, 1.165) is 51.2 Å². The Morgan fingerprint density at radius 3 is 1.90 bits per heavy atom. The minimum Gasteiger partial charge on any atom is -0.463 e. The molecule has 12 nitrogen and oxygen atoms in total. The fourth-order valence-electron chi connectivity index (χ4n) is 3.51. The Labute approximate surface area is 238 Å². The van der Waals surface area contributed by atoms with E-state index in [0.29, 0.717) is 5.56 Å². The molecule has 0 radical (unpaired) electrons. The number of thioether (sulfide) groups is 2. The molecule has 0 saturated carbocycles. The number of carbonyl (C=O) groups is 5. The summed E-state index contributed by atoms with van der Waals surface area (Å²) >= 11 is 1.67. The molecule has 0 aromatic heterocycles. The third kappa shape index (κ3) is 9.72. The number of ketones is 1. The van der Waals surface area contributed by atoms with E-state index in [9.17, 15) is 34.5 Å². The molecule has 40 heavy (non-hydrogen) atoms. The Bertz CT molecular complexity index is 1220. The van der Waals surface area contributed by atoms with Crippen molar-refractivity contribution in [2.45, 2.75) is 57.5 Å². The lowest BCUT2D eigenvalue weighted by molar-refractivity contribution is -0.237. The highest BCUT2D eigenvalue weighted by Crippen LogP contribution is 2.42. The zero-order valence-corrected chi connectivity index (χ0v) is 23.6. The quantitative estimate of drug-likeness (QED) is 0.159. The van der Waals surface area contributed by atoms with Crippen LogP contribution in [0.5, 0.6) is 0 Å². The lowest BCUT2D eigenvalue weighted by Crippen LogP contribution is -2.61. The van der Waals surface area contributed by atoms with Crippen molar-refractivity contribution in [3.63, 3.8) is 0 Å². The molecule has 0 N–H and O–H groups in total. The first-order valence-corrected chi connectivity index (χ1v) is 13.6.